The summed E-state index contributed by atoms with van der Waals surface area (Å²) in [5.74, 6) is 3.38. The van der Waals surface area contributed by atoms with E-state index in [2.05, 4.69) is 36.6 Å². The second-order valence-corrected chi connectivity index (χ2v) is 6.64. The average Bonchev–Trinajstić information content (AvgIpc) is 3.22. The van der Waals surface area contributed by atoms with Crippen molar-refractivity contribution in [2.45, 2.75) is 13.8 Å². The van der Waals surface area contributed by atoms with E-state index in [0.717, 1.165) is 22.7 Å². The lowest BCUT2D eigenvalue weighted by molar-refractivity contribution is 0.216. The lowest BCUT2D eigenvalue weighted by atomic mass is 10.1. The van der Waals surface area contributed by atoms with Crippen molar-refractivity contribution in [3.8, 4) is 5.75 Å². The summed E-state index contributed by atoms with van der Waals surface area (Å²) >= 11 is 0. The molecule has 0 unspecified atom stereocenters. The predicted octanol–water partition coefficient (Wildman–Crippen LogP) is 3.79. The minimum absolute atomic E-state index is 0.624. The van der Waals surface area contributed by atoms with Gasteiger partial charge in [-0.1, -0.05) is 12.1 Å². The number of ether oxygens (including phenoxy) is 2. The topological polar surface area (TPSA) is 94.1 Å². The molecule has 8 nitrogen and oxygen atoms in total. The Kier molecular flexibility index (Phi) is 5.35. The van der Waals surface area contributed by atoms with Crippen molar-refractivity contribution in [1.82, 2.24) is 19.9 Å². The number of methoxy groups -OCH3 is 1. The van der Waals surface area contributed by atoms with E-state index < -0.39 is 0 Å². The highest BCUT2D eigenvalue weighted by atomic mass is 16.5. The Labute approximate surface area is 169 Å². The summed E-state index contributed by atoms with van der Waals surface area (Å²) in [6.07, 6.45) is 3.58. The molecule has 1 aromatic carbocycles. The van der Waals surface area contributed by atoms with Gasteiger partial charge in [0.1, 0.15) is 35.4 Å². The van der Waals surface area contributed by atoms with Gasteiger partial charge in [0, 0.05) is 17.8 Å². The molecule has 3 heterocycles. The van der Waals surface area contributed by atoms with Crippen LogP contribution in [0.1, 0.15) is 17.1 Å². The maximum Gasteiger partial charge on any atom is 0.142 e. The van der Waals surface area contributed by atoms with E-state index in [-0.39, 0.29) is 0 Å². The molecular formula is C21H22N6O2. The minimum Gasteiger partial charge on any atom is -0.495 e. The van der Waals surface area contributed by atoms with Crippen molar-refractivity contribution in [3.63, 3.8) is 0 Å². The highest BCUT2D eigenvalue weighted by Crippen LogP contribution is 2.32. The first-order valence-electron chi connectivity index (χ1n) is 9.24. The van der Waals surface area contributed by atoms with Gasteiger partial charge >= 0.3 is 0 Å². The van der Waals surface area contributed by atoms with E-state index in [1.54, 1.807) is 7.11 Å². The summed E-state index contributed by atoms with van der Waals surface area (Å²) < 4.78 is 11.0. The normalized spacial score (nSPS) is 13.1. The quantitative estimate of drug-likeness (QED) is 0.656. The average molecular weight is 390 g/mol. The highest BCUT2D eigenvalue weighted by molar-refractivity contribution is 5.74. The number of aryl methyl sites for hydroxylation is 2. The van der Waals surface area contributed by atoms with Gasteiger partial charge < -0.3 is 20.1 Å². The molecule has 0 bridgehead atoms. The molecule has 1 aliphatic rings. The van der Waals surface area contributed by atoms with Crippen LogP contribution in [-0.2, 0) is 4.74 Å². The summed E-state index contributed by atoms with van der Waals surface area (Å²) in [5, 5.41) is 6.48. The van der Waals surface area contributed by atoms with Gasteiger partial charge in [0.05, 0.1) is 26.0 Å². The molecule has 8 heteroatoms. The third-order valence-corrected chi connectivity index (χ3v) is 4.43. The molecule has 2 N–H and O–H groups in total. The van der Waals surface area contributed by atoms with Gasteiger partial charge in [0.25, 0.3) is 0 Å². The van der Waals surface area contributed by atoms with Crippen LogP contribution in [0.3, 0.4) is 0 Å². The third-order valence-electron chi connectivity index (χ3n) is 4.43. The first-order valence-corrected chi connectivity index (χ1v) is 9.24. The van der Waals surface area contributed by atoms with Crippen LogP contribution in [0.15, 0.2) is 42.7 Å². The number of nitrogens with one attached hydrogen (secondary N) is 2. The molecule has 1 aliphatic heterocycles. The lowest BCUT2D eigenvalue weighted by Crippen LogP contribution is -2.02. The Bertz CT molecular complexity index is 1050. The van der Waals surface area contributed by atoms with Crippen molar-refractivity contribution in [2.24, 2.45) is 0 Å². The fraction of sp³-hybridized carbons (Fsp3) is 0.238. The Morgan fingerprint density at radius 2 is 1.79 bits per heavy atom. The van der Waals surface area contributed by atoms with Crippen LogP contribution in [0.2, 0.25) is 0 Å². The molecule has 3 aromatic rings. The maximum absolute atomic E-state index is 5.56. The molecule has 4 rings (SSSR count). The molecule has 0 aliphatic carbocycles. The second-order valence-electron chi connectivity index (χ2n) is 6.64. The number of nitrogens with zero attached hydrogens (tertiary/aromatic N) is 4. The highest BCUT2D eigenvalue weighted by Gasteiger charge is 2.12. The molecule has 0 atom stereocenters. The monoisotopic (exact) mass is 390 g/mol. The van der Waals surface area contributed by atoms with Crippen LogP contribution in [0, 0.1) is 13.8 Å². The molecule has 0 spiro atoms. The number of aromatic nitrogens is 4. The van der Waals surface area contributed by atoms with Crippen molar-refractivity contribution in [3.05, 3.63) is 59.8 Å². The number of hydrogen-bond acceptors (Lipinski definition) is 8. The van der Waals surface area contributed by atoms with Crippen LogP contribution < -0.4 is 15.4 Å². The maximum atomic E-state index is 5.56. The van der Waals surface area contributed by atoms with E-state index in [0.29, 0.717) is 36.5 Å². The van der Waals surface area contributed by atoms with E-state index >= 15 is 0 Å². The van der Waals surface area contributed by atoms with E-state index in [4.69, 9.17) is 9.47 Å². The van der Waals surface area contributed by atoms with Gasteiger partial charge in [-0.15, -0.1) is 0 Å². The number of rotatable bonds is 6. The summed E-state index contributed by atoms with van der Waals surface area (Å²) in [4.78, 5) is 17.2. The Morgan fingerprint density at radius 1 is 0.966 bits per heavy atom. The van der Waals surface area contributed by atoms with Gasteiger partial charge in [-0.05, 0) is 37.1 Å². The SMILES string of the molecule is COc1cc(C2=CCOC2)ccc1Nc1cc(Nc2cc(C)nc(C)n2)ncn1. The smallest absolute Gasteiger partial charge is 0.142 e. The summed E-state index contributed by atoms with van der Waals surface area (Å²) in [5.41, 5.74) is 3.96. The van der Waals surface area contributed by atoms with Gasteiger partial charge in [-0.25, -0.2) is 19.9 Å². The predicted molar refractivity (Wildman–Crippen MR) is 112 cm³/mol. The molecule has 29 heavy (non-hydrogen) atoms. The standard InChI is InChI=1S/C21H22N6O2/c1-13-8-21(25-14(2)24-13)27-20-10-19(22-12-23-20)26-17-5-4-15(9-18(17)28-3)16-6-7-29-11-16/h4-6,8-10,12H,7,11H2,1-3H3,(H2,22,23,24,25,26,27). The Hall–Kier alpha value is -3.52. The fourth-order valence-corrected chi connectivity index (χ4v) is 3.13. The third kappa shape index (κ3) is 4.49. The molecule has 148 valence electrons. The Morgan fingerprint density at radius 3 is 2.52 bits per heavy atom. The molecule has 0 radical (unpaired) electrons. The molecule has 2 aromatic heterocycles. The van der Waals surface area contributed by atoms with Crippen LogP contribution >= 0.6 is 0 Å². The van der Waals surface area contributed by atoms with Crippen LogP contribution in [0.4, 0.5) is 23.1 Å². The second kappa shape index (κ2) is 8.24. The number of hydrogen-bond donors (Lipinski definition) is 2. The Balaban J connectivity index is 1.54. The fourth-order valence-electron chi connectivity index (χ4n) is 3.13. The van der Waals surface area contributed by atoms with Crippen molar-refractivity contribution < 1.29 is 9.47 Å². The van der Waals surface area contributed by atoms with Crippen molar-refractivity contribution in [2.75, 3.05) is 31.0 Å². The number of benzene rings is 1. The summed E-state index contributed by atoms with van der Waals surface area (Å²) in [6, 6.07) is 9.69. The van der Waals surface area contributed by atoms with Crippen LogP contribution in [-0.4, -0.2) is 40.3 Å². The molecule has 0 fully saturated rings. The molecular weight excluding hydrogens is 368 g/mol. The summed E-state index contributed by atoms with van der Waals surface area (Å²) in [7, 11) is 1.65. The molecule has 0 saturated carbocycles. The van der Waals surface area contributed by atoms with Gasteiger partial charge in [-0.2, -0.15) is 0 Å². The first-order chi connectivity index (χ1) is 14.1. The molecule has 0 amide bonds. The largest absolute Gasteiger partial charge is 0.495 e. The van der Waals surface area contributed by atoms with E-state index in [1.807, 2.05) is 44.2 Å². The van der Waals surface area contributed by atoms with Gasteiger partial charge in [0.15, 0.2) is 0 Å². The lowest BCUT2D eigenvalue weighted by Gasteiger charge is -2.13. The zero-order valence-corrected chi connectivity index (χ0v) is 16.6. The summed E-state index contributed by atoms with van der Waals surface area (Å²) in [6.45, 7) is 5.06. The van der Waals surface area contributed by atoms with Gasteiger partial charge in [-0.3, -0.25) is 0 Å². The number of anilines is 4. The van der Waals surface area contributed by atoms with Crippen molar-refractivity contribution >= 4 is 28.7 Å². The van der Waals surface area contributed by atoms with Crippen LogP contribution in [0.25, 0.3) is 5.57 Å². The van der Waals surface area contributed by atoms with Crippen LogP contribution in [0.5, 0.6) is 5.75 Å². The van der Waals surface area contributed by atoms with E-state index in [1.165, 1.54) is 11.9 Å². The first kappa shape index (κ1) is 18.8. The zero-order chi connectivity index (χ0) is 20.2. The molecule has 0 saturated heterocycles. The zero-order valence-electron chi connectivity index (χ0n) is 16.6. The minimum atomic E-state index is 0.624. The van der Waals surface area contributed by atoms with Crippen molar-refractivity contribution in [1.29, 1.82) is 0 Å². The van der Waals surface area contributed by atoms with Gasteiger partial charge in [0.2, 0.25) is 0 Å². The van der Waals surface area contributed by atoms with E-state index in [9.17, 15) is 0 Å².